The highest BCUT2D eigenvalue weighted by Gasteiger charge is 2.30. The van der Waals surface area contributed by atoms with Crippen LogP contribution in [-0.2, 0) is 4.79 Å². The van der Waals surface area contributed by atoms with Crippen molar-refractivity contribution in [3.05, 3.63) is 0 Å². The summed E-state index contributed by atoms with van der Waals surface area (Å²) in [7, 11) is 0. The van der Waals surface area contributed by atoms with Crippen molar-refractivity contribution < 1.29 is 19.8 Å². The minimum absolute atomic E-state index is 0.0251. The van der Waals surface area contributed by atoms with Crippen LogP contribution < -0.4 is 10.6 Å². The molecule has 4 N–H and O–H groups in total. The van der Waals surface area contributed by atoms with Gasteiger partial charge in [0.1, 0.15) is 0 Å². The van der Waals surface area contributed by atoms with Gasteiger partial charge in [-0.1, -0.05) is 6.42 Å². The molecule has 0 aromatic heterocycles. The third kappa shape index (κ3) is 5.75. The van der Waals surface area contributed by atoms with Crippen LogP contribution in [0.25, 0.3) is 0 Å². The molecule has 0 aliphatic carbocycles. The van der Waals surface area contributed by atoms with Gasteiger partial charge in [0.05, 0.1) is 6.54 Å². The number of aliphatic carboxylic acids is 1. The second kappa shape index (κ2) is 7.44. The molecular formula is C13H25N3O4. The van der Waals surface area contributed by atoms with E-state index in [0.717, 1.165) is 26.6 Å². The normalized spacial score (nSPS) is 20.8. The summed E-state index contributed by atoms with van der Waals surface area (Å²) >= 11 is 0. The zero-order chi connectivity index (χ0) is 15.2. The van der Waals surface area contributed by atoms with E-state index in [9.17, 15) is 14.7 Å². The number of piperidine rings is 1. The van der Waals surface area contributed by atoms with Gasteiger partial charge in [0.15, 0.2) is 5.60 Å². The van der Waals surface area contributed by atoms with Gasteiger partial charge in [-0.2, -0.15) is 0 Å². The Labute approximate surface area is 119 Å². The molecule has 1 aliphatic rings. The summed E-state index contributed by atoms with van der Waals surface area (Å²) in [4.78, 5) is 24.6. The van der Waals surface area contributed by atoms with Crippen molar-refractivity contribution in [2.24, 2.45) is 0 Å². The highest BCUT2D eigenvalue weighted by atomic mass is 16.4. The van der Waals surface area contributed by atoms with E-state index in [1.165, 1.54) is 19.3 Å². The van der Waals surface area contributed by atoms with Gasteiger partial charge in [0.25, 0.3) is 0 Å². The van der Waals surface area contributed by atoms with E-state index >= 15 is 0 Å². The van der Waals surface area contributed by atoms with Crippen LogP contribution in [-0.4, -0.2) is 64.9 Å². The molecule has 2 amide bonds. The molecule has 0 spiro atoms. The van der Waals surface area contributed by atoms with Crippen LogP contribution in [0.15, 0.2) is 0 Å². The third-order valence-electron chi connectivity index (χ3n) is 3.41. The van der Waals surface area contributed by atoms with Crippen molar-refractivity contribution >= 4 is 12.0 Å². The number of carboxylic acid groups (broad SMARTS) is 1. The van der Waals surface area contributed by atoms with Crippen molar-refractivity contribution in [2.75, 3.05) is 26.2 Å². The molecule has 2 atom stereocenters. The van der Waals surface area contributed by atoms with Crippen molar-refractivity contribution in [3.8, 4) is 0 Å². The van der Waals surface area contributed by atoms with E-state index in [1.807, 2.05) is 6.92 Å². The summed E-state index contributed by atoms with van der Waals surface area (Å²) in [5.74, 6) is -1.36. The van der Waals surface area contributed by atoms with Crippen LogP contribution >= 0.6 is 0 Å². The summed E-state index contributed by atoms with van der Waals surface area (Å²) in [5.41, 5.74) is -1.95. The fraction of sp³-hybridized carbons (Fsp3) is 0.846. The maximum Gasteiger partial charge on any atom is 0.337 e. The molecule has 1 rings (SSSR count). The molecule has 1 fully saturated rings. The number of rotatable bonds is 6. The van der Waals surface area contributed by atoms with Gasteiger partial charge in [-0.05, 0) is 39.8 Å². The van der Waals surface area contributed by atoms with E-state index in [2.05, 4.69) is 15.5 Å². The maximum atomic E-state index is 11.6. The van der Waals surface area contributed by atoms with Crippen LogP contribution in [0.4, 0.5) is 4.79 Å². The largest absolute Gasteiger partial charge is 0.479 e. The number of aliphatic hydroxyl groups is 1. The number of hydrogen-bond donors (Lipinski definition) is 4. The van der Waals surface area contributed by atoms with Crippen molar-refractivity contribution in [1.82, 2.24) is 15.5 Å². The van der Waals surface area contributed by atoms with Gasteiger partial charge < -0.3 is 25.7 Å². The Bertz CT molecular complexity index is 341. The second-order valence-corrected chi connectivity index (χ2v) is 5.67. The van der Waals surface area contributed by atoms with Gasteiger partial charge >= 0.3 is 12.0 Å². The van der Waals surface area contributed by atoms with E-state index in [0.29, 0.717) is 0 Å². The molecule has 1 saturated heterocycles. The number of nitrogens with zero attached hydrogens (tertiary/aromatic N) is 1. The van der Waals surface area contributed by atoms with E-state index in [4.69, 9.17) is 5.11 Å². The van der Waals surface area contributed by atoms with Crippen LogP contribution in [0.5, 0.6) is 0 Å². The highest BCUT2D eigenvalue weighted by Crippen LogP contribution is 2.08. The Balaban J connectivity index is 2.25. The Morgan fingerprint density at radius 2 is 1.90 bits per heavy atom. The fourth-order valence-electron chi connectivity index (χ4n) is 2.18. The molecule has 1 aliphatic heterocycles. The first-order valence-electron chi connectivity index (χ1n) is 7.04. The molecule has 0 aromatic rings. The lowest BCUT2D eigenvalue weighted by Gasteiger charge is -2.29. The van der Waals surface area contributed by atoms with E-state index in [1.54, 1.807) is 0 Å². The van der Waals surface area contributed by atoms with E-state index < -0.39 is 17.6 Å². The van der Waals surface area contributed by atoms with Crippen LogP contribution in [0.1, 0.15) is 33.1 Å². The van der Waals surface area contributed by atoms with Crippen LogP contribution in [0, 0.1) is 0 Å². The summed E-state index contributed by atoms with van der Waals surface area (Å²) in [6.45, 7) is 5.62. The quantitative estimate of drug-likeness (QED) is 0.550. The molecule has 1 heterocycles. The molecule has 7 heteroatoms. The predicted octanol–water partition coefficient (Wildman–Crippen LogP) is -0.00440. The van der Waals surface area contributed by atoms with Crippen molar-refractivity contribution in [2.45, 2.75) is 44.8 Å². The van der Waals surface area contributed by atoms with Gasteiger partial charge in [-0.25, -0.2) is 9.59 Å². The number of nitrogens with one attached hydrogen (secondary N) is 2. The number of carbonyl (C=O) groups is 2. The Hall–Kier alpha value is -1.34. The number of hydrogen-bond acceptors (Lipinski definition) is 4. The number of carboxylic acids is 1. The first-order chi connectivity index (χ1) is 9.31. The minimum Gasteiger partial charge on any atom is -0.479 e. The molecule has 0 bridgehead atoms. The van der Waals surface area contributed by atoms with Crippen molar-refractivity contribution in [3.63, 3.8) is 0 Å². The van der Waals surface area contributed by atoms with Gasteiger partial charge in [0.2, 0.25) is 0 Å². The molecule has 116 valence electrons. The second-order valence-electron chi connectivity index (χ2n) is 5.67. The Morgan fingerprint density at radius 1 is 1.30 bits per heavy atom. The average molecular weight is 287 g/mol. The van der Waals surface area contributed by atoms with Gasteiger partial charge in [-0.15, -0.1) is 0 Å². The average Bonchev–Trinajstić information content (AvgIpc) is 2.37. The summed E-state index contributed by atoms with van der Waals surface area (Å²) in [5, 5.41) is 23.3. The number of urea groups is 1. The summed E-state index contributed by atoms with van der Waals surface area (Å²) < 4.78 is 0. The van der Waals surface area contributed by atoms with Crippen LogP contribution in [0.3, 0.4) is 0 Å². The smallest absolute Gasteiger partial charge is 0.337 e. The third-order valence-corrected chi connectivity index (χ3v) is 3.41. The molecule has 7 nitrogen and oxygen atoms in total. The lowest BCUT2D eigenvalue weighted by Crippen LogP contribution is -2.52. The molecule has 0 radical (unpaired) electrons. The summed E-state index contributed by atoms with van der Waals surface area (Å²) in [6.07, 6.45) is 3.66. The Kier molecular flexibility index (Phi) is 6.22. The SMILES string of the molecule is CC(CN1CCCCC1)NC(=O)NCC(C)(O)C(=O)O. The van der Waals surface area contributed by atoms with Crippen LogP contribution in [0.2, 0.25) is 0 Å². The zero-order valence-corrected chi connectivity index (χ0v) is 12.2. The lowest BCUT2D eigenvalue weighted by molar-refractivity contribution is -0.155. The topological polar surface area (TPSA) is 102 Å². The minimum atomic E-state index is -1.95. The number of carbonyl (C=O) groups excluding carboxylic acids is 1. The molecule has 0 aromatic carbocycles. The zero-order valence-electron chi connectivity index (χ0n) is 12.2. The molecule has 0 saturated carbocycles. The molecule has 20 heavy (non-hydrogen) atoms. The number of likely N-dealkylation sites (tertiary alicyclic amines) is 1. The highest BCUT2D eigenvalue weighted by molar-refractivity contribution is 5.79. The maximum absolute atomic E-state index is 11.6. The molecular weight excluding hydrogens is 262 g/mol. The number of amides is 2. The van der Waals surface area contributed by atoms with Gasteiger partial charge in [0, 0.05) is 12.6 Å². The first kappa shape index (κ1) is 16.7. The fourth-order valence-corrected chi connectivity index (χ4v) is 2.18. The monoisotopic (exact) mass is 287 g/mol. The predicted molar refractivity (Wildman–Crippen MR) is 74.5 cm³/mol. The van der Waals surface area contributed by atoms with Gasteiger partial charge in [-0.3, -0.25) is 0 Å². The summed E-state index contributed by atoms with van der Waals surface area (Å²) in [6, 6.07) is -0.487. The first-order valence-corrected chi connectivity index (χ1v) is 7.04. The standard InChI is InChI=1S/C13H25N3O4/c1-10(8-16-6-4-3-5-7-16)15-12(19)14-9-13(2,20)11(17)18/h10,20H,3-9H2,1-2H3,(H,17,18)(H2,14,15,19). The molecule has 2 unspecified atom stereocenters. The lowest BCUT2D eigenvalue weighted by atomic mass is 10.1. The Morgan fingerprint density at radius 3 is 2.45 bits per heavy atom. The van der Waals surface area contributed by atoms with E-state index in [-0.39, 0.29) is 12.6 Å². The van der Waals surface area contributed by atoms with Crippen molar-refractivity contribution in [1.29, 1.82) is 0 Å².